The van der Waals surface area contributed by atoms with Crippen molar-refractivity contribution >= 4 is 28.9 Å². The Kier molecular flexibility index (Phi) is 4.10. The molecular formula is C14H12Cl2FN. The first-order valence-electron chi connectivity index (χ1n) is 5.50. The molecule has 4 heteroatoms. The molecule has 2 rings (SSSR count). The molecule has 0 spiro atoms. The monoisotopic (exact) mass is 283 g/mol. The van der Waals surface area contributed by atoms with E-state index in [-0.39, 0.29) is 5.82 Å². The van der Waals surface area contributed by atoms with Gasteiger partial charge in [0.1, 0.15) is 5.82 Å². The van der Waals surface area contributed by atoms with E-state index in [0.717, 1.165) is 11.1 Å². The first-order valence-corrected chi connectivity index (χ1v) is 6.26. The van der Waals surface area contributed by atoms with Gasteiger partial charge in [-0.2, -0.15) is 0 Å². The Balaban J connectivity index is 2.11. The van der Waals surface area contributed by atoms with Gasteiger partial charge >= 0.3 is 0 Å². The van der Waals surface area contributed by atoms with Gasteiger partial charge in [0.15, 0.2) is 0 Å². The van der Waals surface area contributed by atoms with E-state index < -0.39 is 0 Å². The third kappa shape index (κ3) is 3.15. The van der Waals surface area contributed by atoms with Crippen LogP contribution in [0.3, 0.4) is 0 Å². The van der Waals surface area contributed by atoms with Crippen molar-refractivity contribution in [3.8, 4) is 0 Å². The number of halogens is 3. The van der Waals surface area contributed by atoms with Gasteiger partial charge in [0.05, 0.1) is 5.69 Å². The Hall–Kier alpha value is -1.25. The largest absolute Gasteiger partial charge is 0.379 e. The lowest BCUT2D eigenvalue weighted by Gasteiger charge is -2.09. The number of hydrogen-bond donors (Lipinski definition) is 1. The second-order valence-corrected chi connectivity index (χ2v) is 4.90. The standard InChI is InChI=1S/C14H12Cl2FN/c1-9-2-3-10(6-12(9)16)8-18-14-7-11(15)4-5-13(14)17/h2-7,18H,8H2,1H3. The highest BCUT2D eigenvalue weighted by Crippen LogP contribution is 2.21. The Bertz CT molecular complexity index is 570. The SMILES string of the molecule is Cc1ccc(CNc2cc(Cl)ccc2F)cc1Cl. The van der Waals surface area contributed by atoms with E-state index in [0.29, 0.717) is 22.3 Å². The summed E-state index contributed by atoms with van der Waals surface area (Å²) in [4.78, 5) is 0. The van der Waals surface area contributed by atoms with Crippen molar-refractivity contribution in [3.05, 3.63) is 63.4 Å². The minimum absolute atomic E-state index is 0.322. The van der Waals surface area contributed by atoms with Crippen molar-refractivity contribution in [1.82, 2.24) is 0 Å². The van der Waals surface area contributed by atoms with Crippen molar-refractivity contribution in [2.45, 2.75) is 13.5 Å². The van der Waals surface area contributed by atoms with Gasteiger partial charge in [-0.05, 0) is 42.3 Å². The molecular weight excluding hydrogens is 272 g/mol. The molecule has 0 unspecified atom stereocenters. The zero-order valence-electron chi connectivity index (χ0n) is 9.81. The van der Waals surface area contributed by atoms with E-state index >= 15 is 0 Å². The molecule has 0 saturated heterocycles. The maximum absolute atomic E-state index is 13.5. The van der Waals surface area contributed by atoms with E-state index in [9.17, 15) is 4.39 Å². The summed E-state index contributed by atoms with van der Waals surface area (Å²) in [6, 6.07) is 10.2. The lowest BCUT2D eigenvalue weighted by atomic mass is 10.1. The van der Waals surface area contributed by atoms with Crippen LogP contribution in [-0.4, -0.2) is 0 Å². The number of rotatable bonds is 3. The molecule has 0 saturated carbocycles. The lowest BCUT2D eigenvalue weighted by molar-refractivity contribution is 0.630. The molecule has 2 aromatic carbocycles. The first-order chi connectivity index (χ1) is 8.56. The Morgan fingerprint density at radius 1 is 1.11 bits per heavy atom. The number of benzene rings is 2. The number of hydrogen-bond acceptors (Lipinski definition) is 1. The third-order valence-corrected chi connectivity index (χ3v) is 3.29. The van der Waals surface area contributed by atoms with Crippen LogP contribution in [0.2, 0.25) is 10.0 Å². The minimum atomic E-state index is -0.322. The zero-order chi connectivity index (χ0) is 13.1. The van der Waals surface area contributed by atoms with Gasteiger partial charge in [-0.15, -0.1) is 0 Å². The van der Waals surface area contributed by atoms with Crippen LogP contribution in [0.4, 0.5) is 10.1 Å². The first kappa shape index (κ1) is 13.2. The van der Waals surface area contributed by atoms with Crippen LogP contribution in [0.5, 0.6) is 0 Å². The molecule has 0 aliphatic heterocycles. The van der Waals surface area contributed by atoms with Crippen LogP contribution in [0.25, 0.3) is 0 Å². The van der Waals surface area contributed by atoms with Crippen LogP contribution >= 0.6 is 23.2 Å². The summed E-state index contributed by atoms with van der Waals surface area (Å²) >= 11 is 11.8. The summed E-state index contributed by atoms with van der Waals surface area (Å²) in [6.45, 7) is 2.44. The van der Waals surface area contributed by atoms with E-state index in [2.05, 4.69) is 5.32 Å². The van der Waals surface area contributed by atoms with Crippen LogP contribution in [0, 0.1) is 12.7 Å². The predicted octanol–water partition coefficient (Wildman–Crippen LogP) is 5.05. The van der Waals surface area contributed by atoms with E-state index in [1.54, 1.807) is 6.07 Å². The topological polar surface area (TPSA) is 12.0 Å². The molecule has 0 aromatic heterocycles. The molecule has 0 heterocycles. The third-order valence-electron chi connectivity index (χ3n) is 2.65. The Labute approximate surface area is 116 Å². The number of anilines is 1. The lowest BCUT2D eigenvalue weighted by Crippen LogP contribution is -2.01. The zero-order valence-corrected chi connectivity index (χ0v) is 11.3. The second-order valence-electron chi connectivity index (χ2n) is 4.06. The highest BCUT2D eigenvalue weighted by atomic mass is 35.5. The van der Waals surface area contributed by atoms with Gasteiger partial charge in [0, 0.05) is 16.6 Å². The maximum atomic E-state index is 13.5. The second kappa shape index (κ2) is 5.59. The summed E-state index contributed by atoms with van der Waals surface area (Å²) in [5, 5.41) is 4.21. The van der Waals surface area contributed by atoms with E-state index in [1.165, 1.54) is 12.1 Å². The fraction of sp³-hybridized carbons (Fsp3) is 0.143. The average Bonchev–Trinajstić information content (AvgIpc) is 2.34. The molecule has 0 aliphatic carbocycles. The molecule has 0 bridgehead atoms. The van der Waals surface area contributed by atoms with Crippen LogP contribution in [0.15, 0.2) is 36.4 Å². The van der Waals surface area contributed by atoms with Crippen molar-refractivity contribution in [2.24, 2.45) is 0 Å². The molecule has 18 heavy (non-hydrogen) atoms. The smallest absolute Gasteiger partial charge is 0.146 e. The maximum Gasteiger partial charge on any atom is 0.146 e. The molecule has 0 amide bonds. The van der Waals surface area contributed by atoms with Gasteiger partial charge in [-0.3, -0.25) is 0 Å². The van der Waals surface area contributed by atoms with Crippen LogP contribution in [-0.2, 0) is 6.54 Å². The predicted molar refractivity (Wildman–Crippen MR) is 74.9 cm³/mol. The fourth-order valence-corrected chi connectivity index (χ4v) is 1.95. The Morgan fingerprint density at radius 2 is 1.89 bits per heavy atom. The molecule has 0 aliphatic rings. The number of aryl methyl sites for hydroxylation is 1. The van der Waals surface area contributed by atoms with Crippen molar-refractivity contribution in [1.29, 1.82) is 0 Å². The quantitative estimate of drug-likeness (QED) is 0.831. The Morgan fingerprint density at radius 3 is 2.61 bits per heavy atom. The van der Waals surface area contributed by atoms with E-state index in [4.69, 9.17) is 23.2 Å². The molecule has 0 radical (unpaired) electrons. The summed E-state index contributed by atoms with van der Waals surface area (Å²) in [6.07, 6.45) is 0. The van der Waals surface area contributed by atoms with Gasteiger partial charge < -0.3 is 5.32 Å². The molecule has 2 aromatic rings. The average molecular weight is 284 g/mol. The van der Waals surface area contributed by atoms with E-state index in [1.807, 2.05) is 25.1 Å². The summed E-state index contributed by atoms with van der Waals surface area (Å²) in [5.41, 5.74) is 2.40. The molecule has 1 N–H and O–H groups in total. The highest BCUT2D eigenvalue weighted by Gasteiger charge is 2.03. The van der Waals surface area contributed by atoms with Crippen molar-refractivity contribution in [2.75, 3.05) is 5.32 Å². The fourth-order valence-electron chi connectivity index (χ4n) is 1.58. The highest BCUT2D eigenvalue weighted by molar-refractivity contribution is 6.31. The van der Waals surface area contributed by atoms with Crippen molar-refractivity contribution < 1.29 is 4.39 Å². The van der Waals surface area contributed by atoms with Gasteiger partial charge in [0.2, 0.25) is 0 Å². The molecule has 94 valence electrons. The van der Waals surface area contributed by atoms with Gasteiger partial charge in [0.25, 0.3) is 0 Å². The van der Waals surface area contributed by atoms with Gasteiger partial charge in [-0.25, -0.2) is 4.39 Å². The molecule has 0 fully saturated rings. The summed E-state index contributed by atoms with van der Waals surface area (Å²) in [5.74, 6) is -0.322. The van der Waals surface area contributed by atoms with Crippen LogP contribution in [0.1, 0.15) is 11.1 Å². The van der Waals surface area contributed by atoms with Gasteiger partial charge in [-0.1, -0.05) is 35.3 Å². The van der Waals surface area contributed by atoms with Crippen LogP contribution < -0.4 is 5.32 Å². The summed E-state index contributed by atoms with van der Waals surface area (Å²) in [7, 11) is 0. The molecule has 1 nitrogen and oxygen atoms in total. The molecule has 0 atom stereocenters. The number of nitrogens with one attached hydrogen (secondary N) is 1. The van der Waals surface area contributed by atoms with Crippen molar-refractivity contribution in [3.63, 3.8) is 0 Å². The normalized spacial score (nSPS) is 10.4. The minimum Gasteiger partial charge on any atom is -0.379 e. The summed E-state index contributed by atoms with van der Waals surface area (Å²) < 4.78 is 13.5.